The van der Waals surface area contributed by atoms with E-state index in [1.807, 2.05) is 22.9 Å². The minimum absolute atomic E-state index is 0.00257. The lowest BCUT2D eigenvalue weighted by Crippen LogP contribution is -2.42. The van der Waals surface area contributed by atoms with Crippen molar-refractivity contribution >= 4 is 5.97 Å². The van der Waals surface area contributed by atoms with Gasteiger partial charge >= 0.3 is 5.97 Å². The lowest BCUT2D eigenvalue weighted by atomic mass is 9.77. The molecule has 2 aliphatic heterocycles. The Balaban J connectivity index is 1.81. The number of methoxy groups -OCH3 is 1. The summed E-state index contributed by atoms with van der Waals surface area (Å²) in [6.45, 7) is 6.21. The first-order valence-electron chi connectivity index (χ1n) is 9.83. The van der Waals surface area contributed by atoms with Crippen LogP contribution in [0.2, 0.25) is 0 Å². The summed E-state index contributed by atoms with van der Waals surface area (Å²) in [5, 5.41) is 11.6. The topological polar surface area (TPSA) is 81.0 Å². The SMILES string of the molecule is COCCCOC1CN2C(c3ccccc3-c3cc(=O)c(C(=O)O)cn32)C1(C)C. The van der Waals surface area contributed by atoms with Crippen LogP contribution in [0.3, 0.4) is 0 Å². The molecule has 2 atom stereocenters. The number of benzene rings is 1. The van der Waals surface area contributed by atoms with Crippen LogP contribution in [-0.4, -0.2) is 48.7 Å². The van der Waals surface area contributed by atoms with Crippen molar-refractivity contribution in [2.75, 3.05) is 31.9 Å². The Kier molecular flexibility index (Phi) is 4.96. The van der Waals surface area contributed by atoms with Crippen molar-refractivity contribution in [2.24, 2.45) is 5.41 Å². The fraction of sp³-hybridized carbons (Fsp3) is 0.455. The number of pyridine rings is 1. The van der Waals surface area contributed by atoms with Crippen molar-refractivity contribution in [1.29, 1.82) is 0 Å². The third-order valence-corrected chi connectivity index (χ3v) is 6.07. The Morgan fingerprint density at radius 2 is 2.03 bits per heavy atom. The largest absolute Gasteiger partial charge is 0.477 e. The molecule has 1 N–H and O–H groups in total. The van der Waals surface area contributed by atoms with Crippen LogP contribution < -0.4 is 10.4 Å². The van der Waals surface area contributed by atoms with Gasteiger partial charge in [-0.1, -0.05) is 38.1 Å². The van der Waals surface area contributed by atoms with E-state index in [0.29, 0.717) is 25.5 Å². The smallest absolute Gasteiger partial charge is 0.341 e. The lowest BCUT2D eigenvalue weighted by molar-refractivity contribution is -0.0104. The summed E-state index contributed by atoms with van der Waals surface area (Å²) < 4.78 is 13.2. The number of ether oxygens (including phenoxy) is 2. The minimum Gasteiger partial charge on any atom is -0.477 e. The molecule has 3 heterocycles. The summed E-state index contributed by atoms with van der Waals surface area (Å²) in [5.41, 5.74) is 1.87. The van der Waals surface area contributed by atoms with Gasteiger partial charge < -0.3 is 19.6 Å². The number of carboxylic acids is 1. The second-order valence-electron chi connectivity index (χ2n) is 8.23. The summed E-state index contributed by atoms with van der Waals surface area (Å²) in [6, 6.07) is 9.44. The highest BCUT2D eigenvalue weighted by atomic mass is 16.5. The molecule has 2 aromatic rings. The molecule has 2 aliphatic rings. The molecule has 0 amide bonds. The lowest BCUT2D eigenvalue weighted by Gasteiger charge is -2.41. The van der Waals surface area contributed by atoms with Crippen LogP contribution in [0.15, 0.2) is 41.3 Å². The number of carbonyl (C=O) groups is 1. The molecule has 0 saturated carbocycles. The van der Waals surface area contributed by atoms with Crippen molar-refractivity contribution in [3.05, 3.63) is 57.9 Å². The number of hydrogen-bond donors (Lipinski definition) is 1. The molecule has 1 aromatic carbocycles. The van der Waals surface area contributed by atoms with E-state index in [4.69, 9.17) is 9.47 Å². The summed E-state index contributed by atoms with van der Waals surface area (Å²) in [4.78, 5) is 24.0. The Morgan fingerprint density at radius 1 is 1.28 bits per heavy atom. The molecule has 0 radical (unpaired) electrons. The van der Waals surface area contributed by atoms with Crippen LogP contribution in [0, 0.1) is 5.41 Å². The quantitative estimate of drug-likeness (QED) is 0.754. The Hall–Kier alpha value is -2.64. The van der Waals surface area contributed by atoms with Gasteiger partial charge in [-0.3, -0.25) is 9.47 Å². The van der Waals surface area contributed by atoms with Crippen LogP contribution in [-0.2, 0) is 9.47 Å². The second kappa shape index (κ2) is 7.31. The molecule has 7 nitrogen and oxygen atoms in total. The number of aromatic nitrogens is 1. The highest BCUT2D eigenvalue weighted by molar-refractivity contribution is 5.88. The van der Waals surface area contributed by atoms with Gasteiger partial charge in [0.15, 0.2) is 5.43 Å². The van der Waals surface area contributed by atoms with Crippen molar-refractivity contribution in [2.45, 2.75) is 32.4 Å². The van der Waals surface area contributed by atoms with E-state index < -0.39 is 11.4 Å². The van der Waals surface area contributed by atoms with E-state index in [0.717, 1.165) is 17.5 Å². The highest BCUT2D eigenvalue weighted by Gasteiger charge is 2.52. The molecule has 1 aromatic heterocycles. The Labute approximate surface area is 169 Å². The molecule has 1 fully saturated rings. The fourth-order valence-corrected chi connectivity index (χ4v) is 4.61. The minimum atomic E-state index is -1.22. The van der Waals surface area contributed by atoms with E-state index in [1.165, 1.54) is 12.3 Å². The molecule has 1 saturated heterocycles. The molecule has 0 aliphatic carbocycles. The monoisotopic (exact) mass is 398 g/mol. The van der Waals surface area contributed by atoms with Gasteiger partial charge in [-0.15, -0.1) is 0 Å². The normalized spacial score (nSPS) is 21.4. The standard InChI is InChI=1S/C22H26N2O5/c1-22(2)19(29-10-6-9-28-3)13-24-20(22)15-8-5-4-7-14(15)17-11-18(25)16(21(26)27)12-23(17)24/h4-5,7-8,11-12,19-20H,6,9-10,13H2,1-3H3,(H,26,27). The number of nitrogens with zero attached hydrogens (tertiary/aromatic N) is 2. The van der Waals surface area contributed by atoms with E-state index in [1.54, 1.807) is 7.11 Å². The summed E-state index contributed by atoms with van der Waals surface area (Å²) in [6.07, 6.45) is 2.22. The number of carboxylic acid groups (broad SMARTS) is 1. The zero-order valence-corrected chi connectivity index (χ0v) is 16.9. The predicted octanol–water partition coefficient (Wildman–Crippen LogP) is 2.67. The predicted molar refractivity (Wildman–Crippen MR) is 109 cm³/mol. The van der Waals surface area contributed by atoms with E-state index >= 15 is 0 Å². The number of rotatable bonds is 6. The molecule has 4 rings (SSSR count). The highest BCUT2D eigenvalue weighted by Crippen LogP contribution is 2.51. The maximum atomic E-state index is 12.4. The molecule has 0 bridgehead atoms. The summed E-state index contributed by atoms with van der Waals surface area (Å²) in [5.74, 6) is -1.22. The van der Waals surface area contributed by atoms with E-state index in [2.05, 4.69) is 24.9 Å². The van der Waals surface area contributed by atoms with Gasteiger partial charge in [0.25, 0.3) is 0 Å². The van der Waals surface area contributed by atoms with Crippen molar-refractivity contribution in [1.82, 2.24) is 4.68 Å². The van der Waals surface area contributed by atoms with Crippen LogP contribution in [0.5, 0.6) is 0 Å². The Morgan fingerprint density at radius 3 is 2.76 bits per heavy atom. The van der Waals surface area contributed by atoms with Crippen LogP contribution in [0.1, 0.15) is 42.2 Å². The van der Waals surface area contributed by atoms with Gasteiger partial charge in [-0.2, -0.15) is 0 Å². The zero-order valence-electron chi connectivity index (χ0n) is 16.9. The Bertz CT molecular complexity index is 997. The summed E-state index contributed by atoms with van der Waals surface area (Å²) >= 11 is 0. The first kappa shape index (κ1) is 19.7. The van der Waals surface area contributed by atoms with Crippen LogP contribution >= 0.6 is 0 Å². The number of fused-ring (bicyclic) bond motifs is 6. The summed E-state index contributed by atoms with van der Waals surface area (Å²) in [7, 11) is 1.68. The molecular formula is C22H26N2O5. The maximum absolute atomic E-state index is 12.4. The van der Waals surface area contributed by atoms with Gasteiger partial charge in [0, 0.05) is 43.6 Å². The molecule has 7 heteroatoms. The molecular weight excluding hydrogens is 372 g/mol. The van der Waals surface area contributed by atoms with Gasteiger partial charge in [-0.05, 0) is 12.0 Å². The maximum Gasteiger partial charge on any atom is 0.341 e. The van der Waals surface area contributed by atoms with Gasteiger partial charge in [-0.25, -0.2) is 4.79 Å². The first-order valence-corrected chi connectivity index (χ1v) is 9.83. The van der Waals surface area contributed by atoms with Gasteiger partial charge in [0.2, 0.25) is 0 Å². The fourth-order valence-electron chi connectivity index (χ4n) is 4.61. The van der Waals surface area contributed by atoms with Gasteiger partial charge in [0.1, 0.15) is 5.56 Å². The van der Waals surface area contributed by atoms with E-state index in [9.17, 15) is 14.7 Å². The molecule has 154 valence electrons. The average Bonchev–Trinajstić information content (AvgIpc) is 2.95. The number of hydrogen-bond acceptors (Lipinski definition) is 5. The zero-order chi connectivity index (χ0) is 20.8. The van der Waals surface area contributed by atoms with Crippen LogP contribution in [0.25, 0.3) is 11.3 Å². The van der Waals surface area contributed by atoms with Gasteiger partial charge in [0.05, 0.1) is 24.4 Å². The number of aromatic carboxylic acids is 1. The molecule has 29 heavy (non-hydrogen) atoms. The van der Waals surface area contributed by atoms with Crippen molar-refractivity contribution in [3.63, 3.8) is 0 Å². The molecule has 2 unspecified atom stereocenters. The third kappa shape index (κ3) is 3.14. The first-order chi connectivity index (χ1) is 13.9. The second-order valence-corrected chi connectivity index (χ2v) is 8.23. The third-order valence-electron chi connectivity index (χ3n) is 6.07. The average molecular weight is 398 g/mol. The van der Waals surface area contributed by atoms with Crippen molar-refractivity contribution in [3.8, 4) is 11.3 Å². The van der Waals surface area contributed by atoms with Crippen molar-refractivity contribution < 1.29 is 19.4 Å². The van der Waals surface area contributed by atoms with Crippen LogP contribution in [0.4, 0.5) is 0 Å². The molecule has 0 spiro atoms. The van der Waals surface area contributed by atoms with E-state index in [-0.39, 0.29) is 23.1 Å².